The minimum Gasteiger partial charge on any atom is -0.256 e. The number of aryl methyl sites for hydroxylation is 1. The van der Waals surface area contributed by atoms with Gasteiger partial charge in [-0.05, 0) is 42.9 Å². The maximum Gasteiger partial charge on any atom is 0.0702 e. The van der Waals surface area contributed by atoms with E-state index in [0.29, 0.717) is 0 Å². The third-order valence-corrected chi connectivity index (χ3v) is 3.68. The van der Waals surface area contributed by atoms with E-state index in [2.05, 4.69) is 67.0 Å². The lowest BCUT2D eigenvalue weighted by Crippen LogP contribution is -1.87. The van der Waals surface area contributed by atoms with E-state index < -0.39 is 0 Å². The van der Waals surface area contributed by atoms with Gasteiger partial charge in [-0.25, -0.2) is 0 Å². The predicted molar refractivity (Wildman–Crippen MR) is 96.8 cm³/mol. The van der Waals surface area contributed by atoms with Crippen molar-refractivity contribution in [3.8, 4) is 11.3 Å². The summed E-state index contributed by atoms with van der Waals surface area (Å²) in [6.07, 6.45) is 13.9. The van der Waals surface area contributed by atoms with Gasteiger partial charge >= 0.3 is 0 Å². The first-order valence-electron chi connectivity index (χ1n) is 8.16. The molecule has 0 amide bonds. The van der Waals surface area contributed by atoms with Gasteiger partial charge in [0.05, 0.1) is 5.69 Å². The Morgan fingerprint density at radius 2 is 1.86 bits per heavy atom. The van der Waals surface area contributed by atoms with Crippen LogP contribution in [-0.4, -0.2) is 4.98 Å². The summed E-state index contributed by atoms with van der Waals surface area (Å²) in [4.78, 5) is 4.57. The standard InChI is InChI=1S/C21H25N/c1-3-5-7-9-18-11-14-20(15-12-18)21-16-13-19(17-22-21)10-8-6-4-2/h3,8,10-17H,1,4-7,9H2,2H3. The fourth-order valence-corrected chi connectivity index (χ4v) is 2.35. The van der Waals surface area contributed by atoms with Crippen LogP contribution in [0.2, 0.25) is 0 Å². The van der Waals surface area contributed by atoms with Crippen LogP contribution in [0.3, 0.4) is 0 Å². The highest BCUT2D eigenvalue weighted by atomic mass is 14.7. The molecule has 0 saturated heterocycles. The third kappa shape index (κ3) is 5.00. The average molecular weight is 291 g/mol. The maximum atomic E-state index is 4.57. The zero-order valence-corrected chi connectivity index (χ0v) is 13.5. The normalized spacial score (nSPS) is 11.0. The molecule has 1 heterocycles. The topological polar surface area (TPSA) is 12.9 Å². The van der Waals surface area contributed by atoms with Crippen molar-refractivity contribution in [1.29, 1.82) is 0 Å². The summed E-state index contributed by atoms with van der Waals surface area (Å²) in [5.74, 6) is 0. The smallest absolute Gasteiger partial charge is 0.0702 e. The van der Waals surface area contributed by atoms with E-state index >= 15 is 0 Å². The highest BCUT2D eigenvalue weighted by Gasteiger charge is 2.00. The van der Waals surface area contributed by atoms with Gasteiger partial charge in [0.15, 0.2) is 0 Å². The zero-order valence-electron chi connectivity index (χ0n) is 13.5. The number of pyridine rings is 1. The Labute approximate surface area is 134 Å². The highest BCUT2D eigenvalue weighted by molar-refractivity contribution is 5.61. The molecular weight excluding hydrogens is 266 g/mol. The van der Waals surface area contributed by atoms with Crippen molar-refractivity contribution in [3.05, 3.63) is 72.5 Å². The molecule has 2 aromatic rings. The van der Waals surface area contributed by atoms with Gasteiger partial charge in [-0.1, -0.05) is 61.9 Å². The molecule has 22 heavy (non-hydrogen) atoms. The second-order valence-electron chi connectivity index (χ2n) is 5.55. The van der Waals surface area contributed by atoms with Gasteiger partial charge in [-0.3, -0.25) is 4.98 Å². The van der Waals surface area contributed by atoms with Gasteiger partial charge in [0.2, 0.25) is 0 Å². The van der Waals surface area contributed by atoms with Crippen molar-refractivity contribution in [3.63, 3.8) is 0 Å². The number of hydrogen-bond acceptors (Lipinski definition) is 1. The Balaban J connectivity index is 2.00. The van der Waals surface area contributed by atoms with Crippen molar-refractivity contribution in [2.24, 2.45) is 0 Å². The molecule has 0 aliphatic carbocycles. The number of unbranched alkanes of at least 4 members (excludes halogenated alkanes) is 2. The largest absolute Gasteiger partial charge is 0.256 e. The van der Waals surface area contributed by atoms with E-state index in [0.717, 1.165) is 25.0 Å². The fraction of sp³-hybridized carbons (Fsp3) is 0.286. The molecule has 0 saturated carbocycles. The summed E-state index contributed by atoms with van der Waals surface area (Å²) in [6, 6.07) is 13.0. The summed E-state index contributed by atoms with van der Waals surface area (Å²) in [7, 11) is 0. The fourth-order valence-electron chi connectivity index (χ4n) is 2.35. The summed E-state index contributed by atoms with van der Waals surface area (Å²) >= 11 is 0. The summed E-state index contributed by atoms with van der Waals surface area (Å²) in [5.41, 5.74) is 4.75. The maximum absolute atomic E-state index is 4.57. The molecule has 0 aliphatic heterocycles. The second kappa shape index (κ2) is 8.99. The van der Waals surface area contributed by atoms with Gasteiger partial charge in [-0.2, -0.15) is 0 Å². The minimum atomic E-state index is 1.03. The molecule has 0 spiro atoms. The Morgan fingerprint density at radius 3 is 2.50 bits per heavy atom. The van der Waals surface area contributed by atoms with Crippen LogP contribution >= 0.6 is 0 Å². The van der Waals surface area contributed by atoms with Crippen LogP contribution in [0, 0.1) is 0 Å². The molecule has 0 atom stereocenters. The lowest BCUT2D eigenvalue weighted by molar-refractivity contribution is 0.844. The lowest BCUT2D eigenvalue weighted by atomic mass is 10.0. The van der Waals surface area contributed by atoms with Crippen LogP contribution < -0.4 is 0 Å². The molecule has 0 aliphatic rings. The lowest BCUT2D eigenvalue weighted by Gasteiger charge is -2.04. The number of benzene rings is 1. The van der Waals surface area contributed by atoms with E-state index in [1.54, 1.807) is 0 Å². The van der Waals surface area contributed by atoms with Gasteiger partial charge in [0.25, 0.3) is 0 Å². The number of allylic oxidation sites excluding steroid dienone is 2. The molecule has 0 radical (unpaired) electrons. The zero-order chi connectivity index (χ0) is 15.6. The van der Waals surface area contributed by atoms with E-state index in [9.17, 15) is 0 Å². The molecular formula is C21H25N. The molecule has 0 fully saturated rings. The van der Waals surface area contributed by atoms with E-state index in [4.69, 9.17) is 0 Å². The number of aromatic nitrogens is 1. The van der Waals surface area contributed by atoms with E-state index in [-0.39, 0.29) is 0 Å². The van der Waals surface area contributed by atoms with Crippen molar-refractivity contribution >= 4 is 6.08 Å². The van der Waals surface area contributed by atoms with Crippen LogP contribution in [0.15, 0.2) is 61.3 Å². The minimum absolute atomic E-state index is 1.03. The van der Waals surface area contributed by atoms with E-state index in [1.807, 2.05) is 12.3 Å². The first kappa shape index (κ1) is 16.2. The molecule has 114 valence electrons. The number of rotatable bonds is 8. The molecule has 1 aromatic carbocycles. The van der Waals surface area contributed by atoms with Gasteiger partial charge in [-0.15, -0.1) is 6.58 Å². The van der Waals surface area contributed by atoms with Crippen molar-refractivity contribution < 1.29 is 0 Å². The van der Waals surface area contributed by atoms with Crippen LogP contribution in [0.25, 0.3) is 17.3 Å². The SMILES string of the molecule is C=CCCCc1ccc(-c2ccc(C=CCCC)cn2)cc1. The molecule has 1 nitrogen and oxygen atoms in total. The van der Waals surface area contributed by atoms with Gasteiger partial charge < -0.3 is 0 Å². The molecule has 0 N–H and O–H groups in total. The Hall–Kier alpha value is -2.15. The number of hydrogen-bond donors (Lipinski definition) is 0. The quantitative estimate of drug-likeness (QED) is 0.425. The van der Waals surface area contributed by atoms with Gasteiger partial charge in [0, 0.05) is 11.8 Å². The first-order valence-corrected chi connectivity index (χ1v) is 8.16. The Morgan fingerprint density at radius 1 is 1.05 bits per heavy atom. The Kier molecular flexibility index (Phi) is 6.63. The monoisotopic (exact) mass is 291 g/mol. The van der Waals surface area contributed by atoms with Crippen LogP contribution in [0.1, 0.15) is 43.7 Å². The van der Waals surface area contributed by atoms with Crippen LogP contribution in [0.4, 0.5) is 0 Å². The third-order valence-electron chi connectivity index (χ3n) is 3.68. The van der Waals surface area contributed by atoms with Crippen molar-refractivity contribution in [2.45, 2.75) is 39.0 Å². The molecule has 1 aromatic heterocycles. The van der Waals surface area contributed by atoms with Gasteiger partial charge in [0.1, 0.15) is 0 Å². The van der Waals surface area contributed by atoms with Crippen molar-refractivity contribution in [2.75, 3.05) is 0 Å². The van der Waals surface area contributed by atoms with E-state index in [1.165, 1.54) is 29.5 Å². The molecule has 1 heteroatoms. The predicted octanol–water partition coefficient (Wildman–Crippen LogP) is 6.07. The van der Waals surface area contributed by atoms with Crippen LogP contribution in [0.5, 0.6) is 0 Å². The first-order chi connectivity index (χ1) is 10.8. The number of nitrogens with zero attached hydrogens (tertiary/aromatic N) is 1. The second-order valence-corrected chi connectivity index (χ2v) is 5.55. The molecule has 2 rings (SSSR count). The summed E-state index contributed by atoms with van der Waals surface area (Å²) in [6.45, 7) is 5.95. The van der Waals surface area contributed by atoms with Crippen LogP contribution in [-0.2, 0) is 6.42 Å². The molecule has 0 bridgehead atoms. The van der Waals surface area contributed by atoms with Crippen molar-refractivity contribution in [1.82, 2.24) is 4.98 Å². The Bertz CT molecular complexity index is 591. The molecule has 0 unspecified atom stereocenters. The highest BCUT2D eigenvalue weighted by Crippen LogP contribution is 2.19. The summed E-state index contributed by atoms with van der Waals surface area (Å²) in [5, 5.41) is 0. The average Bonchev–Trinajstić information content (AvgIpc) is 2.57. The summed E-state index contributed by atoms with van der Waals surface area (Å²) < 4.78 is 0.